The molecular weight excluding hydrogens is 262 g/mol. The summed E-state index contributed by atoms with van der Waals surface area (Å²) >= 11 is 0. The fourth-order valence-corrected chi connectivity index (χ4v) is 2.77. The summed E-state index contributed by atoms with van der Waals surface area (Å²) in [7, 11) is 0. The molecule has 1 aromatic heterocycles. The van der Waals surface area contributed by atoms with Crippen LogP contribution in [0.3, 0.4) is 0 Å². The Balaban J connectivity index is 2.02. The molecule has 0 radical (unpaired) electrons. The predicted molar refractivity (Wildman–Crippen MR) is 86.2 cm³/mol. The van der Waals surface area contributed by atoms with E-state index in [2.05, 4.69) is 41.7 Å². The highest BCUT2D eigenvalue weighted by molar-refractivity contribution is 5.78. The van der Waals surface area contributed by atoms with Crippen LogP contribution < -0.4 is 5.32 Å². The Morgan fingerprint density at radius 2 is 1.95 bits per heavy atom. The fourth-order valence-electron chi connectivity index (χ4n) is 2.77. The van der Waals surface area contributed by atoms with Gasteiger partial charge >= 0.3 is 0 Å². The minimum absolute atomic E-state index is 0.134. The van der Waals surface area contributed by atoms with Crippen LogP contribution in [-0.4, -0.2) is 22.0 Å². The van der Waals surface area contributed by atoms with Crippen molar-refractivity contribution in [3.63, 3.8) is 0 Å². The van der Waals surface area contributed by atoms with Crippen LogP contribution >= 0.6 is 0 Å². The van der Waals surface area contributed by atoms with E-state index in [1.54, 1.807) is 0 Å². The number of aryl methyl sites for hydroxylation is 1. The predicted octanol–water partition coefficient (Wildman–Crippen LogP) is 3.15. The van der Waals surface area contributed by atoms with Gasteiger partial charge in [0.1, 0.15) is 5.82 Å². The van der Waals surface area contributed by atoms with Crippen molar-refractivity contribution < 1.29 is 4.79 Å². The van der Waals surface area contributed by atoms with E-state index in [4.69, 9.17) is 0 Å². The molecule has 0 bridgehead atoms. The first-order valence-corrected chi connectivity index (χ1v) is 7.93. The van der Waals surface area contributed by atoms with Crippen molar-refractivity contribution in [2.75, 3.05) is 6.54 Å². The number of carbonyl (C=O) groups is 1. The molecule has 21 heavy (non-hydrogen) atoms. The van der Waals surface area contributed by atoms with Gasteiger partial charge in [0.15, 0.2) is 0 Å². The number of carbonyl (C=O) groups excluding carboxylic acids is 1. The maximum atomic E-state index is 12.0. The number of fused-ring (bicyclic) bond motifs is 1. The zero-order chi connectivity index (χ0) is 15.2. The maximum absolute atomic E-state index is 12.0. The number of benzene rings is 1. The zero-order valence-corrected chi connectivity index (χ0v) is 13.2. The van der Waals surface area contributed by atoms with Gasteiger partial charge < -0.3 is 9.88 Å². The molecule has 0 fully saturated rings. The molecule has 0 atom stereocenters. The topological polar surface area (TPSA) is 46.9 Å². The SMILES string of the molecule is CCC(CC)C(=O)NCCc1nc2ccccc2n1CC. The average Bonchev–Trinajstić information content (AvgIpc) is 2.86. The third-order valence-corrected chi connectivity index (χ3v) is 4.05. The summed E-state index contributed by atoms with van der Waals surface area (Å²) in [5, 5.41) is 3.04. The minimum atomic E-state index is 0.134. The highest BCUT2D eigenvalue weighted by Gasteiger charge is 2.14. The minimum Gasteiger partial charge on any atom is -0.355 e. The lowest BCUT2D eigenvalue weighted by atomic mass is 10.0. The number of para-hydroxylation sites is 2. The molecule has 4 heteroatoms. The smallest absolute Gasteiger partial charge is 0.223 e. The highest BCUT2D eigenvalue weighted by Crippen LogP contribution is 2.16. The van der Waals surface area contributed by atoms with Gasteiger partial charge in [0.05, 0.1) is 11.0 Å². The lowest BCUT2D eigenvalue weighted by Crippen LogP contribution is -2.32. The Morgan fingerprint density at radius 1 is 1.24 bits per heavy atom. The van der Waals surface area contributed by atoms with Crippen LogP contribution in [0.2, 0.25) is 0 Å². The summed E-state index contributed by atoms with van der Waals surface area (Å²) in [6, 6.07) is 8.18. The molecule has 0 aliphatic heterocycles. The number of hydrogen-bond acceptors (Lipinski definition) is 2. The van der Waals surface area contributed by atoms with Crippen LogP contribution in [0, 0.1) is 5.92 Å². The fraction of sp³-hybridized carbons (Fsp3) is 0.529. The summed E-state index contributed by atoms with van der Waals surface area (Å²) in [4.78, 5) is 16.7. The zero-order valence-electron chi connectivity index (χ0n) is 13.2. The van der Waals surface area contributed by atoms with Crippen molar-refractivity contribution in [1.29, 1.82) is 0 Å². The van der Waals surface area contributed by atoms with Crippen molar-refractivity contribution in [3.8, 4) is 0 Å². The molecule has 0 saturated carbocycles. The van der Waals surface area contributed by atoms with Crippen molar-refractivity contribution in [1.82, 2.24) is 14.9 Å². The summed E-state index contributed by atoms with van der Waals surface area (Å²) < 4.78 is 2.22. The van der Waals surface area contributed by atoms with Gasteiger partial charge in [-0.25, -0.2) is 4.98 Å². The Kier molecular flexibility index (Phi) is 5.37. The van der Waals surface area contributed by atoms with E-state index < -0.39 is 0 Å². The van der Waals surface area contributed by atoms with Crippen LogP contribution in [0.25, 0.3) is 11.0 Å². The van der Waals surface area contributed by atoms with Crippen LogP contribution in [0.5, 0.6) is 0 Å². The monoisotopic (exact) mass is 287 g/mol. The summed E-state index contributed by atoms with van der Waals surface area (Å²) in [5.41, 5.74) is 2.20. The molecule has 4 nitrogen and oxygen atoms in total. The van der Waals surface area contributed by atoms with E-state index in [1.165, 1.54) is 5.52 Å². The standard InChI is InChI=1S/C17H25N3O/c1-4-13(5-2)17(21)18-12-11-16-19-14-9-7-8-10-15(14)20(16)6-3/h7-10,13H,4-6,11-12H2,1-3H3,(H,18,21). The summed E-state index contributed by atoms with van der Waals surface area (Å²) in [6.45, 7) is 7.80. The van der Waals surface area contributed by atoms with Gasteiger partial charge in [-0.3, -0.25) is 4.79 Å². The number of nitrogens with one attached hydrogen (secondary N) is 1. The summed E-state index contributed by atoms with van der Waals surface area (Å²) in [5.74, 6) is 1.35. The largest absolute Gasteiger partial charge is 0.355 e. The van der Waals surface area contributed by atoms with Crippen LogP contribution in [0.1, 0.15) is 39.4 Å². The molecule has 114 valence electrons. The molecule has 0 saturated heterocycles. The normalized spacial score (nSPS) is 11.2. The molecular formula is C17H25N3O. The number of nitrogens with zero attached hydrogens (tertiary/aromatic N) is 2. The molecule has 1 heterocycles. The van der Waals surface area contributed by atoms with Crippen molar-refractivity contribution in [2.45, 2.75) is 46.6 Å². The van der Waals surface area contributed by atoms with Crippen molar-refractivity contribution in [2.24, 2.45) is 5.92 Å². The molecule has 1 N–H and O–H groups in total. The van der Waals surface area contributed by atoms with Crippen LogP contribution in [0.4, 0.5) is 0 Å². The Bertz CT molecular complexity index is 599. The molecule has 2 rings (SSSR count). The van der Waals surface area contributed by atoms with Gasteiger partial charge in [0.2, 0.25) is 5.91 Å². The highest BCUT2D eigenvalue weighted by atomic mass is 16.1. The number of rotatable bonds is 7. The molecule has 1 aromatic carbocycles. The molecule has 0 spiro atoms. The first-order valence-electron chi connectivity index (χ1n) is 7.93. The van der Waals surface area contributed by atoms with Crippen molar-refractivity contribution >= 4 is 16.9 Å². The van der Waals surface area contributed by atoms with Gasteiger partial charge in [-0.15, -0.1) is 0 Å². The quantitative estimate of drug-likeness (QED) is 0.850. The van der Waals surface area contributed by atoms with E-state index in [0.29, 0.717) is 6.54 Å². The van der Waals surface area contributed by atoms with Gasteiger partial charge in [-0.05, 0) is 31.9 Å². The van der Waals surface area contributed by atoms with Crippen LogP contribution in [0.15, 0.2) is 24.3 Å². The molecule has 0 aliphatic carbocycles. The third-order valence-electron chi connectivity index (χ3n) is 4.05. The molecule has 2 aromatic rings. The first-order chi connectivity index (χ1) is 10.2. The third kappa shape index (κ3) is 3.43. The van der Waals surface area contributed by atoms with E-state index >= 15 is 0 Å². The first kappa shape index (κ1) is 15.5. The second kappa shape index (κ2) is 7.25. The maximum Gasteiger partial charge on any atom is 0.223 e. The lowest BCUT2D eigenvalue weighted by molar-refractivity contribution is -0.125. The van der Waals surface area contributed by atoms with Gasteiger partial charge in [-0.2, -0.15) is 0 Å². The molecule has 0 unspecified atom stereocenters. The van der Waals surface area contributed by atoms with Crippen LogP contribution in [-0.2, 0) is 17.8 Å². The van der Waals surface area contributed by atoms with Gasteiger partial charge in [-0.1, -0.05) is 26.0 Å². The lowest BCUT2D eigenvalue weighted by Gasteiger charge is -2.12. The van der Waals surface area contributed by atoms with E-state index in [-0.39, 0.29) is 11.8 Å². The number of amides is 1. The Labute approximate surface area is 126 Å². The van der Waals surface area contributed by atoms with E-state index in [1.807, 2.05) is 18.2 Å². The second-order valence-electron chi connectivity index (χ2n) is 5.32. The molecule has 1 amide bonds. The Hall–Kier alpha value is -1.84. The number of aromatic nitrogens is 2. The Morgan fingerprint density at radius 3 is 2.62 bits per heavy atom. The van der Waals surface area contributed by atoms with E-state index in [9.17, 15) is 4.79 Å². The molecule has 0 aliphatic rings. The number of imidazole rings is 1. The number of hydrogen-bond donors (Lipinski definition) is 1. The van der Waals surface area contributed by atoms with Gasteiger partial charge in [0, 0.05) is 25.4 Å². The van der Waals surface area contributed by atoms with Gasteiger partial charge in [0.25, 0.3) is 0 Å². The summed E-state index contributed by atoms with van der Waals surface area (Å²) in [6.07, 6.45) is 2.57. The average molecular weight is 287 g/mol. The van der Waals surface area contributed by atoms with Crippen molar-refractivity contribution in [3.05, 3.63) is 30.1 Å². The second-order valence-corrected chi connectivity index (χ2v) is 5.32. The van der Waals surface area contributed by atoms with E-state index in [0.717, 1.165) is 37.1 Å².